The molecule has 2 aromatic carbocycles. The van der Waals surface area contributed by atoms with Crippen molar-refractivity contribution >= 4 is 17.4 Å². The molecule has 0 aliphatic carbocycles. The molecule has 1 unspecified atom stereocenters. The van der Waals surface area contributed by atoms with Crippen molar-refractivity contribution in [2.45, 2.75) is 26.0 Å². The fourth-order valence-corrected chi connectivity index (χ4v) is 3.73. The highest BCUT2D eigenvalue weighted by Gasteiger charge is 2.45. The van der Waals surface area contributed by atoms with Crippen molar-refractivity contribution in [3.05, 3.63) is 89.6 Å². The van der Waals surface area contributed by atoms with Crippen molar-refractivity contribution in [1.82, 2.24) is 0 Å². The van der Waals surface area contributed by atoms with Gasteiger partial charge >= 0.3 is 0 Å². The Kier molecular flexibility index (Phi) is 5.73. The van der Waals surface area contributed by atoms with Crippen LogP contribution in [-0.2, 0) is 4.79 Å². The number of hydrogen-bond acceptors (Lipinski definition) is 6. The standard InChI is InChI=1S/C25H23NO6/c1-15(2)32-19-7-4-6-16(14-19)22-21(23(27)20-8-5-13-31-20)24(28)25(29)26(22)17-9-11-18(30-3)12-10-17/h4-15,22,28H,1-3H3. The molecular formula is C25H23NO6. The number of nitrogens with zero attached hydrogens (tertiary/aromatic N) is 1. The number of ketones is 1. The molecule has 4 rings (SSSR count). The molecule has 164 valence electrons. The summed E-state index contributed by atoms with van der Waals surface area (Å²) < 4.78 is 16.3. The Balaban J connectivity index is 1.85. The van der Waals surface area contributed by atoms with Crippen LogP contribution in [0.3, 0.4) is 0 Å². The van der Waals surface area contributed by atoms with Crippen LogP contribution in [0.25, 0.3) is 0 Å². The summed E-state index contributed by atoms with van der Waals surface area (Å²) in [4.78, 5) is 27.8. The summed E-state index contributed by atoms with van der Waals surface area (Å²) >= 11 is 0. The van der Waals surface area contributed by atoms with Gasteiger partial charge in [0.1, 0.15) is 11.5 Å². The maximum Gasteiger partial charge on any atom is 0.294 e. The third-order valence-electron chi connectivity index (χ3n) is 5.09. The van der Waals surface area contributed by atoms with Crippen LogP contribution in [0.2, 0.25) is 0 Å². The van der Waals surface area contributed by atoms with E-state index in [0.717, 1.165) is 0 Å². The van der Waals surface area contributed by atoms with E-state index in [9.17, 15) is 14.7 Å². The van der Waals surface area contributed by atoms with E-state index < -0.39 is 23.5 Å². The van der Waals surface area contributed by atoms with Crippen molar-refractivity contribution in [2.24, 2.45) is 0 Å². The summed E-state index contributed by atoms with van der Waals surface area (Å²) in [6.07, 6.45) is 1.32. The van der Waals surface area contributed by atoms with E-state index in [1.807, 2.05) is 13.8 Å². The van der Waals surface area contributed by atoms with E-state index in [-0.39, 0.29) is 17.4 Å². The van der Waals surface area contributed by atoms with Crippen molar-refractivity contribution in [3.63, 3.8) is 0 Å². The Morgan fingerprint density at radius 1 is 1.06 bits per heavy atom. The first-order chi connectivity index (χ1) is 15.4. The number of Topliss-reactive ketones (excluding diaryl/α,β-unsaturated/α-hetero) is 1. The smallest absolute Gasteiger partial charge is 0.294 e. The Bertz CT molecular complexity index is 1160. The van der Waals surface area contributed by atoms with Gasteiger partial charge < -0.3 is 19.0 Å². The molecule has 1 amide bonds. The lowest BCUT2D eigenvalue weighted by molar-refractivity contribution is -0.117. The molecule has 32 heavy (non-hydrogen) atoms. The highest BCUT2D eigenvalue weighted by molar-refractivity contribution is 6.20. The second-order valence-electron chi connectivity index (χ2n) is 7.58. The quantitative estimate of drug-likeness (QED) is 0.536. The maximum absolute atomic E-state index is 13.2. The van der Waals surface area contributed by atoms with Gasteiger partial charge in [-0.05, 0) is 67.9 Å². The number of rotatable bonds is 7. The van der Waals surface area contributed by atoms with Crippen LogP contribution in [-0.4, -0.2) is 30.0 Å². The molecule has 0 saturated heterocycles. The summed E-state index contributed by atoms with van der Waals surface area (Å²) in [7, 11) is 1.55. The van der Waals surface area contributed by atoms with Crippen molar-refractivity contribution in [2.75, 3.05) is 12.0 Å². The molecule has 3 aromatic rings. The third-order valence-corrected chi connectivity index (χ3v) is 5.09. The number of benzene rings is 2. The zero-order valence-electron chi connectivity index (χ0n) is 17.9. The van der Waals surface area contributed by atoms with Crippen molar-refractivity contribution in [3.8, 4) is 11.5 Å². The van der Waals surface area contributed by atoms with Crippen LogP contribution in [0.15, 0.2) is 82.7 Å². The third kappa shape index (κ3) is 3.85. The number of hydrogen-bond donors (Lipinski definition) is 1. The number of aliphatic hydroxyl groups excluding tert-OH is 1. The molecular weight excluding hydrogens is 410 g/mol. The molecule has 1 aliphatic rings. The summed E-state index contributed by atoms with van der Waals surface area (Å²) in [5, 5.41) is 10.8. The lowest BCUT2D eigenvalue weighted by Crippen LogP contribution is -2.31. The molecule has 7 heteroatoms. The Morgan fingerprint density at radius 3 is 2.44 bits per heavy atom. The molecule has 2 heterocycles. The number of methoxy groups -OCH3 is 1. The fraction of sp³-hybridized carbons (Fsp3) is 0.200. The molecule has 0 bridgehead atoms. The highest BCUT2D eigenvalue weighted by atomic mass is 16.5. The van der Waals surface area contributed by atoms with E-state index in [1.54, 1.807) is 61.7 Å². The Hall–Kier alpha value is -4.00. The van der Waals surface area contributed by atoms with Crippen LogP contribution < -0.4 is 14.4 Å². The predicted octanol–water partition coefficient (Wildman–Crippen LogP) is 4.86. The van der Waals surface area contributed by atoms with Crippen LogP contribution in [0.5, 0.6) is 11.5 Å². The van der Waals surface area contributed by atoms with Gasteiger partial charge in [-0.3, -0.25) is 14.5 Å². The lowest BCUT2D eigenvalue weighted by Gasteiger charge is -2.27. The largest absolute Gasteiger partial charge is 0.503 e. The first kappa shape index (κ1) is 21.2. The summed E-state index contributed by atoms with van der Waals surface area (Å²) in [6.45, 7) is 3.82. The number of carbonyl (C=O) groups is 2. The van der Waals surface area contributed by atoms with E-state index >= 15 is 0 Å². The van der Waals surface area contributed by atoms with E-state index in [0.29, 0.717) is 22.7 Å². The van der Waals surface area contributed by atoms with Crippen molar-refractivity contribution in [1.29, 1.82) is 0 Å². The average Bonchev–Trinajstić information content (AvgIpc) is 3.41. The van der Waals surface area contributed by atoms with E-state index in [4.69, 9.17) is 13.9 Å². The molecule has 0 fully saturated rings. The highest BCUT2D eigenvalue weighted by Crippen LogP contribution is 2.43. The molecule has 0 saturated carbocycles. The van der Waals surface area contributed by atoms with Crippen molar-refractivity contribution < 1.29 is 28.6 Å². The van der Waals surface area contributed by atoms with E-state index in [1.165, 1.54) is 17.2 Å². The minimum atomic E-state index is -0.871. The monoisotopic (exact) mass is 433 g/mol. The number of carbonyl (C=O) groups excluding carboxylic acids is 2. The van der Waals surface area contributed by atoms with Crippen LogP contribution >= 0.6 is 0 Å². The van der Waals surface area contributed by atoms with Gasteiger partial charge in [-0.25, -0.2) is 0 Å². The van der Waals surface area contributed by atoms with Gasteiger partial charge in [0.2, 0.25) is 5.78 Å². The number of furan rings is 1. The summed E-state index contributed by atoms with van der Waals surface area (Å²) in [6, 6.07) is 16.2. The normalized spacial score (nSPS) is 16.1. The zero-order valence-corrected chi connectivity index (χ0v) is 17.9. The number of ether oxygens (including phenoxy) is 2. The molecule has 7 nitrogen and oxygen atoms in total. The van der Waals surface area contributed by atoms with Gasteiger partial charge in [-0.2, -0.15) is 0 Å². The van der Waals surface area contributed by atoms with Gasteiger partial charge in [0.05, 0.1) is 31.1 Å². The predicted molar refractivity (Wildman–Crippen MR) is 118 cm³/mol. The number of anilines is 1. The lowest BCUT2D eigenvalue weighted by atomic mass is 9.94. The zero-order chi connectivity index (χ0) is 22.8. The topological polar surface area (TPSA) is 89.2 Å². The van der Waals surface area contributed by atoms with Gasteiger partial charge in [-0.15, -0.1) is 0 Å². The SMILES string of the molecule is COc1ccc(N2C(=O)C(O)=C(C(=O)c3ccco3)C2c2cccc(OC(C)C)c2)cc1. The second-order valence-corrected chi connectivity index (χ2v) is 7.58. The van der Waals surface area contributed by atoms with Gasteiger partial charge in [0.15, 0.2) is 11.5 Å². The summed E-state index contributed by atoms with van der Waals surface area (Å²) in [5.41, 5.74) is 1.07. The number of amides is 1. The molecule has 0 spiro atoms. The maximum atomic E-state index is 13.2. The molecule has 1 aromatic heterocycles. The molecule has 0 radical (unpaired) electrons. The average molecular weight is 433 g/mol. The first-order valence-corrected chi connectivity index (χ1v) is 10.2. The molecule has 1 N–H and O–H groups in total. The van der Waals surface area contributed by atoms with Crippen LogP contribution in [0.4, 0.5) is 5.69 Å². The van der Waals surface area contributed by atoms with Crippen LogP contribution in [0.1, 0.15) is 36.0 Å². The second kappa shape index (κ2) is 8.63. The van der Waals surface area contributed by atoms with Gasteiger partial charge in [-0.1, -0.05) is 12.1 Å². The van der Waals surface area contributed by atoms with Gasteiger partial charge in [0.25, 0.3) is 5.91 Å². The first-order valence-electron chi connectivity index (χ1n) is 10.2. The Labute approximate surface area is 185 Å². The summed E-state index contributed by atoms with van der Waals surface area (Å²) in [5.74, 6) is -0.593. The van der Waals surface area contributed by atoms with Crippen LogP contribution in [0, 0.1) is 0 Å². The Morgan fingerprint density at radius 2 is 1.81 bits per heavy atom. The van der Waals surface area contributed by atoms with E-state index in [2.05, 4.69) is 0 Å². The minimum Gasteiger partial charge on any atom is -0.503 e. The minimum absolute atomic E-state index is 0.0375. The fourth-order valence-electron chi connectivity index (χ4n) is 3.73. The molecule has 1 aliphatic heterocycles. The van der Waals surface area contributed by atoms with Gasteiger partial charge in [0, 0.05) is 5.69 Å². The molecule has 1 atom stereocenters. The number of aliphatic hydroxyl groups is 1.